The van der Waals surface area contributed by atoms with Gasteiger partial charge in [-0.3, -0.25) is 5.43 Å². The summed E-state index contributed by atoms with van der Waals surface area (Å²) in [4.78, 5) is 4.14. The van der Waals surface area contributed by atoms with Crippen molar-refractivity contribution in [3.8, 4) is 0 Å². The third-order valence-corrected chi connectivity index (χ3v) is 2.78. The van der Waals surface area contributed by atoms with E-state index in [2.05, 4.69) is 48.4 Å². The lowest BCUT2D eigenvalue weighted by atomic mass is 10.0. The van der Waals surface area contributed by atoms with E-state index in [-0.39, 0.29) is 0 Å². The van der Waals surface area contributed by atoms with E-state index in [0.717, 1.165) is 11.4 Å². The number of rotatable bonds is 3. The molecule has 0 unspecified atom stereocenters. The van der Waals surface area contributed by atoms with Crippen LogP contribution in [0, 0.1) is 20.8 Å². The number of benzene rings is 1. The van der Waals surface area contributed by atoms with Crippen molar-refractivity contribution < 1.29 is 0 Å². The summed E-state index contributed by atoms with van der Waals surface area (Å²) in [6, 6.07) is 10.0. The van der Waals surface area contributed by atoms with Crippen LogP contribution in [0.15, 0.2) is 41.6 Å². The Kier molecular flexibility index (Phi) is 3.72. The van der Waals surface area contributed by atoms with Gasteiger partial charge in [-0.2, -0.15) is 5.10 Å². The monoisotopic (exact) mass is 239 g/mol. The summed E-state index contributed by atoms with van der Waals surface area (Å²) in [5.41, 5.74) is 7.83. The number of aryl methyl sites for hydroxylation is 3. The average Bonchev–Trinajstić information content (AvgIpc) is 2.34. The molecular weight excluding hydrogens is 222 g/mol. The quantitative estimate of drug-likeness (QED) is 0.658. The average molecular weight is 239 g/mol. The topological polar surface area (TPSA) is 37.3 Å². The molecule has 0 saturated heterocycles. The molecular formula is C15H17N3. The van der Waals surface area contributed by atoms with E-state index >= 15 is 0 Å². The largest absolute Gasteiger partial charge is 0.261 e. The lowest BCUT2D eigenvalue weighted by Gasteiger charge is -2.06. The molecule has 0 amide bonds. The molecule has 0 atom stereocenters. The maximum atomic E-state index is 4.23. The van der Waals surface area contributed by atoms with Gasteiger partial charge in [-0.1, -0.05) is 23.8 Å². The van der Waals surface area contributed by atoms with Crippen LogP contribution in [-0.4, -0.2) is 11.2 Å². The van der Waals surface area contributed by atoms with Crippen LogP contribution in [0.5, 0.6) is 0 Å². The SMILES string of the molecule is Cc1cc(C)c(C=NNc2ccccn2)c(C)c1. The van der Waals surface area contributed by atoms with Crippen molar-refractivity contribution in [3.05, 3.63) is 58.8 Å². The number of hydrogen-bond donors (Lipinski definition) is 1. The molecule has 1 aromatic heterocycles. The maximum absolute atomic E-state index is 4.23. The Morgan fingerprint density at radius 3 is 2.44 bits per heavy atom. The molecule has 0 spiro atoms. The first-order valence-corrected chi connectivity index (χ1v) is 5.95. The van der Waals surface area contributed by atoms with Crippen molar-refractivity contribution in [2.45, 2.75) is 20.8 Å². The fraction of sp³-hybridized carbons (Fsp3) is 0.200. The molecule has 0 radical (unpaired) electrons. The van der Waals surface area contributed by atoms with E-state index in [1.54, 1.807) is 6.20 Å². The number of aromatic nitrogens is 1. The lowest BCUT2D eigenvalue weighted by molar-refractivity contribution is 1.22. The second-order valence-electron chi connectivity index (χ2n) is 4.40. The summed E-state index contributed by atoms with van der Waals surface area (Å²) in [5.74, 6) is 0.746. The Hall–Kier alpha value is -2.16. The molecule has 2 aromatic rings. The molecule has 18 heavy (non-hydrogen) atoms. The van der Waals surface area contributed by atoms with Gasteiger partial charge >= 0.3 is 0 Å². The second kappa shape index (κ2) is 5.45. The third kappa shape index (κ3) is 2.94. The van der Waals surface area contributed by atoms with E-state index in [1.807, 2.05) is 24.4 Å². The van der Waals surface area contributed by atoms with Crippen LogP contribution in [0.2, 0.25) is 0 Å². The Balaban J connectivity index is 2.15. The van der Waals surface area contributed by atoms with Gasteiger partial charge in [-0.25, -0.2) is 4.98 Å². The predicted molar refractivity (Wildman–Crippen MR) is 76.1 cm³/mol. The zero-order valence-corrected chi connectivity index (χ0v) is 10.9. The summed E-state index contributed by atoms with van der Waals surface area (Å²) >= 11 is 0. The predicted octanol–water partition coefficient (Wildman–Crippen LogP) is 3.45. The van der Waals surface area contributed by atoms with Gasteiger partial charge in [0, 0.05) is 11.8 Å². The molecule has 0 fully saturated rings. The summed E-state index contributed by atoms with van der Waals surface area (Å²) in [5, 5.41) is 4.23. The highest BCUT2D eigenvalue weighted by Gasteiger charge is 2.00. The van der Waals surface area contributed by atoms with E-state index in [1.165, 1.54) is 16.7 Å². The van der Waals surface area contributed by atoms with Crippen molar-refractivity contribution in [3.63, 3.8) is 0 Å². The van der Waals surface area contributed by atoms with Crippen LogP contribution < -0.4 is 5.43 Å². The maximum Gasteiger partial charge on any atom is 0.146 e. The molecule has 0 saturated carbocycles. The van der Waals surface area contributed by atoms with E-state index < -0.39 is 0 Å². The zero-order chi connectivity index (χ0) is 13.0. The summed E-state index contributed by atoms with van der Waals surface area (Å²) in [7, 11) is 0. The first kappa shape index (κ1) is 12.3. The van der Waals surface area contributed by atoms with Crippen LogP contribution in [0.4, 0.5) is 5.82 Å². The zero-order valence-electron chi connectivity index (χ0n) is 10.9. The van der Waals surface area contributed by atoms with Gasteiger partial charge in [0.2, 0.25) is 0 Å². The van der Waals surface area contributed by atoms with Gasteiger partial charge in [0.25, 0.3) is 0 Å². The standard InChI is InChI=1S/C15H17N3/c1-11-8-12(2)14(13(3)9-11)10-17-18-15-6-4-5-7-16-15/h4-10H,1-3H3,(H,16,18). The molecule has 1 N–H and O–H groups in total. The summed E-state index contributed by atoms with van der Waals surface area (Å²) < 4.78 is 0. The van der Waals surface area contributed by atoms with E-state index in [0.29, 0.717) is 0 Å². The second-order valence-corrected chi connectivity index (χ2v) is 4.40. The van der Waals surface area contributed by atoms with E-state index in [9.17, 15) is 0 Å². The van der Waals surface area contributed by atoms with Gasteiger partial charge < -0.3 is 0 Å². The fourth-order valence-electron chi connectivity index (χ4n) is 1.99. The molecule has 0 aliphatic rings. The molecule has 3 heteroatoms. The fourth-order valence-corrected chi connectivity index (χ4v) is 1.99. The molecule has 2 rings (SSSR count). The van der Waals surface area contributed by atoms with Gasteiger partial charge in [-0.05, 0) is 44.0 Å². The minimum absolute atomic E-state index is 0.746. The Morgan fingerprint density at radius 1 is 1.11 bits per heavy atom. The van der Waals surface area contributed by atoms with Crippen molar-refractivity contribution in [2.75, 3.05) is 5.43 Å². The molecule has 0 aliphatic heterocycles. The van der Waals surface area contributed by atoms with Gasteiger partial charge in [0.05, 0.1) is 6.21 Å². The van der Waals surface area contributed by atoms with Crippen LogP contribution in [0.3, 0.4) is 0 Å². The highest BCUT2D eigenvalue weighted by Crippen LogP contribution is 2.14. The van der Waals surface area contributed by atoms with Crippen molar-refractivity contribution in [1.82, 2.24) is 4.98 Å². The van der Waals surface area contributed by atoms with Crippen LogP contribution in [0.25, 0.3) is 0 Å². The molecule has 92 valence electrons. The number of hydrogen-bond acceptors (Lipinski definition) is 3. The van der Waals surface area contributed by atoms with E-state index in [4.69, 9.17) is 0 Å². The summed E-state index contributed by atoms with van der Waals surface area (Å²) in [6.07, 6.45) is 3.58. The first-order valence-electron chi connectivity index (χ1n) is 5.95. The number of nitrogens with one attached hydrogen (secondary N) is 1. The molecule has 3 nitrogen and oxygen atoms in total. The molecule has 0 bridgehead atoms. The molecule has 1 heterocycles. The van der Waals surface area contributed by atoms with Crippen LogP contribution in [-0.2, 0) is 0 Å². The van der Waals surface area contributed by atoms with Gasteiger partial charge in [0.1, 0.15) is 5.82 Å². The summed E-state index contributed by atoms with van der Waals surface area (Å²) in [6.45, 7) is 6.30. The van der Waals surface area contributed by atoms with Crippen molar-refractivity contribution >= 4 is 12.0 Å². The van der Waals surface area contributed by atoms with Gasteiger partial charge in [-0.15, -0.1) is 0 Å². The van der Waals surface area contributed by atoms with Crippen LogP contribution in [0.1, 0.15) is 22.3 Å². The molecule has 0 aliphatic carbocycles. The highest BCUT2D eigenvalue weighted by atomic mass is 15.3. The minimum atomic E-state index is 0.746. The first-order chi connectivity index (χ1) is 8.66. The third-order valence-electron chi connectivity index (χ3n) is 2.78. The number of nitrogens with zero attached hydrogens (tertiary/aromatic N) is 2. The molecule has 1 aromatic carbocycles. The smallest absolute Gasteiger partial charge is 0.146 e. The highest BCUT2D eigenvalue weighted by molar-refractivity contribution is 5.84. The normalized spacial score (nSPS) is 10.8. The number of pyridine rings is 1. The number of anilines is 1. The van der Waals surface area contributed by atoms with Crippen LogP contribution >= 0.6 is 0 Å². The Bertz CT molecular complexity index is 536. The Labute approximate surface area is 108 Å². The van der Waals surface area contributed by atoms with Crippen molar-refractivity contribution in [1.29, 1.82) is 0 Å². The van der Waals surface area contributed by atoms with Gasteiger partial charge in [0.15, 0.2) is 0 Å². The number of hydrazone groups is 1. The van der Waals surface area contributed by atoms with Crippen molar-refractivity contribution in [2.24, 2.45) is 5.10 Å². The lowest BCUT2D eigenvalue weighted by Crippen LogP contribution is -1.97. The Morgan fingerprint density at radius 2 is 1.83 bits per heavy atom. The minimum Gasteiger partial charge on any atom is -0.261 e.